The van der Waals surface area contributed by atoms with Crippen molar-refractivity contribution in [3.63, 3.8) is 0 Å². The molecule has 1 aliphatic rings. The third-order valence-electron chi connectivity index (χ3n) is 4.71. The molecule has 24 heavy (non-hydrogen) atoms. The predicted molar refractivity (Wildman–Crippen MR) is 92.6 cm³/mol. The van der Waals surface area contributed by atoms with Gasteiger partial charge in [-0.3, -0.25) is 9.59 Å². The number of carbonyl (C=O) groups excluding carboxylic acids is 2. The zero-order chi connectivity index (χ0) is 17.1. The molecule has 5 nitrogen and oxygen atoms in total. The highest BCUT2D eigenvalue weighted by Crippen LogP contribution is 2.32. The van der Waals surface area contributed by atoms with E-state index in [0.717, 1.165) is 48.8 Å². The van der Waals surface area contributed by atoms with Crippen LogP contribution in [-0.2, 0) is 11.2 Å². The number of hydrogen-bond donors (Lipinski definition) is 2. The molecule has 3 N–H and O–H groups in total. The molecule has 128 valence electrons. The minimum absolute atomic E-state index is 0.0754. The number of carbonyl (C=O) groups is 2. The van der Waals surface area contributed by atoms with Crippen molar-refractivity contribution in [3.8, 4) is 0 Å². The lowest BCUT2D eigenvalue weighted by atomic mass is 9.78. The molecule has 1 saturated carbocycles. The molecule has 3 rings (SSSR count). The molecule has 0 spiro atoms. The molecule has 2 amide bonds. The summed E-state index contributed by atoms with van der Waals surface area (Å²) in [5.74, 6) is 0.720. The van der Waals surface area contributed by atoms with Crippen molar-refractivity contribution in [1.82, 2.24) is 5.32 Å². The molecule has 1 fully saturated rings. The lowest BCUT2D eigenvalue weighted by Gasteiger charge is -2.35. The molecule has 2 aromatic rings. The SMILES string of the molecule is CCCCc1oc2ccccc2c1C(=O)NC1CC(CC(N)=O)C1. The van der Waals surface area contributed by atoms with Gasteiger partial charge in [-0.25, -0.2) is 0 Å². The zero-order valence-corrected chi connectivity index (χ0v) is 14.0. The fourth-order valence-corrected chi connectivity index (χ4v) is 3.42. The van der Waals surface area contributed by atoms with Crippen LogP contribution in [0.25, 0.3) is 11.0 Å². The van der Waals surface area contributed by atoms with Gasteiger partial charge in [0.2, 0.25) is 5.91 Å². The quantitative estimate of drug-likeness (QED) is 0.818. The second kappa shape index (κ2) is 7.07. The first-order valence-corrected chi connectivity index (χ1v) is 8.68. The van der Waals surface area contributed by atoms with E-state index in [4.69, 9.17) is 10.2 Å². The average Bonchev–Trinajstić information content (AvgIpc) is 2.88. The van der Waals surface area contributed by atoms with Gasteiger partial charge in [-0.2, -0.15) is 0 Å². The average molecular weight is 328 g/mol. The molecule has 1 aromatic heterocycles. The highest BCUT2D eigenvalue weighted by molar-refractivity contribution is 6.07. The van der Waals surface area contributed by atoms with Crippen LogP contribution in [0.4, 0.5) is 0 Å². The van der Waals surface area contributed by atoms with Gasteiger partial charge in [-0.1, -0.05) is 31.5 Å². The number of rotatable bonds is 7. The molecule has 5 heteroatoms. The number of unbranched alkanes of at least 4 members (excludes halogenated alkanes) is 1. The lowest BCUT2D eigenvalue weighted by molar-refractivity contribution is -0.119. The van der Waals surface area contributed by atoms with Crippen molar-refractivity contribution in [1.29, 1.82) is 0 Å². The van der Waals surface area contributed by atoms with E-state index < -0.39 is 0 Å². The Morgan fingerprint density at radius 1 is 1.29 bits per heavy atom. The second-order valence-electron chi connectivity index (χ2n) is 6.68. The molecule has 0 aliphatic heterocycles. The molecule has 1 aromatic carbocycles. The van der Waals surface area contributed by atoms with E-state index in [1.54, 1.807) is 0 Å². The van der Waals surface area contributed by atoms with Crippen molar-refractivity contribution in [2.75, 3.05) is 0 Å². The number of furan rings is 1. The third-order valence-corrected chi connectivity index (χ3v) is 4.71. The number of benzene rings is 1. The largest absolute Gasteiger partial charge is 0.460 e. The van der Waals surface area contributed by atoms with E-state index in [1.807, 2.05) is 24.3 Å². The number of hydrogen-bond acceptors (Lipinski definition) is 3. The Morgan fingerprint density at radius 2 is 2.04 bits per heavy atom. The maximum absolute atomic E-state index is 12.8. The number of aryl methyl sites for hydroxylation is 1. The van der Waals surface area contributed by atoms with Crippen LogP contribution in [0.3, 0.4) is 0 Å². The normalized spacial score (nSPS) is 19.9. The summed E-state index contributed by atoms with van der Waals surface area (Å²) in [6.07, 6.45) is 4.84. The van der Waals surface area contributed by atoms with E-state index in [2.05, 4.69) is 12.2 Å². The molecule has 0 radical (unpaired) electrons. The van der Waals surface area contributed by atoms with E-state index >= 15 is 0 Å². The third kappa shape index (κ3) is 3.45. The summed E-state index contributed by atoms with van der Waals surface area (Å²) in [5, 5.41) is 3.95. The molecule has 0 bridgehead atoms. The molecule has 0 atom stereocenters. The van der Waals surface area contributed by atoms with Gasteiger partial charge in [-0.15, -0.1) is 0 Å². The molecule has 0 unspecified atom stereocenters. The molecule has 1 aliphatic carbocycles. The Labute approximate surface area is 141 Å². The maximum atomic E-state index is 12.8. The monoisotopic (exact) mass is 328 g/mol. The first kappa shape index (κ1) is 16.6. The number of primary amides is 1. The van der Waals surface area contributed by atoms with Gasteiger partial charge in [0.15, 0.2) is 0 Å². The number of para-hydroxylation sites is 1. The topological polar surface area (TPSA) is 85.3 Å². The first-order chi connectivity index (χ1) is 11.6. The molecular weight excluding hydrogens is 304 g/mol. The number of fused-ring (bicyclic) bond motifs is 1. The van der Waals surface area contributed by atoms with Crippen LogP contribution in [0.15, 0.2) is 28.7 Å². The van der Waals surface area contributed by atoms with Gasteiger partial charge in [0, 0.05) is 24.3 Å². The summed E-state index contributed by atoms with van der Waals surface area (Å²) in [4.78, 5) is 23.7. The van der Waals surface area contributed by atoms with Crippen LogP contribution in [0, 0.1) is 5.92 Å². The van der Waals surface area contributed by atoms with E-state index in [1.165, 1.54) is 0 Å². The zero-order valence-electron chi connectivity index (χ0n) is 14.0. The second-order valence-corrected chi connectivity index (χ2v) is 6.68. The molecule has 1 heterocycles. The van der Waals surface area contributed by atoms with Crippen molar-refractivity contribution < 1.29 is 14.0 Å². The van der Waals surface area contributed by atoms with E-state index in [0.29, 0.717) is 17.9 Å². The Morgan fingerprint density at radius 3 is 2.75 bits per heavy atom. The number of nitrogens with two attached hydrogens (primary N) is 1. The minimum atomic E-state index is -0.271. The minimum Gasteiger partial charge on any atom is -0.460 e. The summed E-state index contributed by atoms with van der Waals surface area (Å²) in [5.41, 5.74) is 6.64. The van der Waals surface area contributed by atoms with E-state index in [9.17, 15) is 9.59 Å². The Kier molecular flexibility index (Phi) is 4.88. The van der Waals surface area contributed by atoms with Crippen molar-refractivity contribution >= 4 is 22.8 Å². The Hall–Kier alpha value is -2.30. The summed E-state index contributed by atoms with van der Waals surface area (Å²) < 4.78 is 5.91. The molecular formula is C19H24N2O3. The Bertz CT molecular complexity index is 744. The fourth-order valence-electron chi connectivity index (χ4n) is 3.42. The van der Waals surface area contributed by atoms with Gasteiger partial charge >= 0.3 is 0 Å². The highest BCUT2D eigenvalue weighted by Gasteiger charge is 2.32. The predicted octanol–water partition coefficient (Wildman–Crippen LogP) is 3.16. The standard InChI is InChI=1S/C19H24N2O3/c1-2-3-7-16-18(14-6-4-5-8-15(14)24-16)19(23)21-13-9-12(10-13)11-17(20)22/h4-6,8,12-13H,2-3,7,9-11H2,1H3,(H2,20,22)(H,21,23). The van der Waals surface area contributed by atoms with E-state index in [-0.39, 0.29) is 17.9 Å². The van der Waals surface area contributed by atoms with Crippen molar-refractivity contribution in [2.45, 2.75) is 51.5 Å². The van der Waals surface area contributed by atoms with Crippen LogP contribution in [-0.4, -0.2) is 17.9 Å². The smallest absolute Gasteiger partial charge is 0.255 e. The van der Waals surface area contributed by atoms with Crippen LogP contribution in [0.2, 0.25) is 0 Å². The van der Waals surface area contributed by atoms with Gasteiger partial charge in [0.25, 0.3) is 5.91 Å². The van der Waals surface area contributed by atoms with Gasteiger partial charge in [0.05, 0.1) is 5.56 Å². The van der Waals surface area contributed by atoms with Gasteiger partial charge < -0.3 is 15.5 Å². The van der Waals surface area contributed by atoms with Crippen LogP contribution in [0.1, 0.15) is 55.1 Å². The van der Waals surface area contributed by atoms with Crippen molar-refractivity contribution in [2.24, 2.45) is 11.7 Å². The summed E-state index contributed by atoms with van der Waals surface area (Å²) in [6, 6.07) is 7.78. The van der Waals surface area contributed by atoms with Crippen LogP contribution < -0.4 is 11.1 Å². The van der Waals surface area contributed by atoms with Crippen molar-refractivity contribution in [3.05, 3.63) is 35.6 Å². The van der Waals surface area contributed by atoms with Gasteiger partial charge in [-0.05, 0) is 31.2 Å². The first-order valence-electron chi connectivity index (χ1n) is 8.68. The fraction of sp³-hybridized carbons (Fsp3) is 0.474. The summed E-state index contributed by atoms with van der Waals surface area (Å²) in [6.45, 7) is 2.12. The highest BCUT2D eigenvalue weighted by atomic mass is 16.3. The maximum Gasteiger partial charge on any atom is 0.255 e. The summed E-state index contributed by atoms with van der Waals surface area (Å²) >= 11 is 0. The summed E-state index contributed by atoms with van der Waals surface area (Å²) in [7, 11) is 0. The number of nitrogens with one attached hydrogen (secondary N) is 1. The van der Waals surface area contributed by atoms with Crippen LogP contribution >= 0.6 is 0 Å². The Balaban J connectivity index is 1.73. The lowest BCUT2D eigenvalue weighted by Crippen LogP contribution is -2.45. The van der Waals surface area contributed by atoms with Crippen LogP contribution in [0.5, 0.6) is 0 Å². The molecule has 0 saturated heterocycles. The number of amides is 2. The van der Waals surface area contributed by atoms with Gasteiger partial charge in [0.1, 0.15) is 11.3 Å².